The van der Waals surface area contributed by atoms with Crippen molar-refractivity contribution in [1.29, 1.82) is 0 Å². The highest BCUT2D eigenvalue weighted by Gasteiger charge is 2.10. The molecular weight excluding hydrogens is 310 g/mol. The molecule has 0 spiro atoms. The minimum atomic E-state index is -3.29. The third kappa shape index (κ3) is 4.93. The van der Waals surface area contributed by atoms with Crippen LogP contribution in [0.25, 0.3) is 0 Å². The van der Waals surface area contributed by atoms with E-state index >= 15 is 0 Å². The third-order valence-corrected chi connectivity index (χ3v) is 4.67. The molecule has 0 aliphatic heterocycles. The largest absolute Gasteiger partial charge is 0.322 e. The molecule has 0 aromatic heterocycles. The fourth-order valence-corrected chi connectivity index (χ4v) is 2.88. The maximum absolute atomic E-state index is 12.2. The van der Waals surface area contributed by atoms with Crippen LogP contribution in [0.4, 0.5) is 5.69 Å². The van der Waals surface area contributed by atoms with Crippen molar-refractivity contribution in [1.82, 2.24) is 0 Å². The van der Waals surface area contributed by atoms with Gasteiger partial charge in [-0.05, 0) is 48.7 Å². The summed E-state index contributed by atoms with van der Waals surface area (Å²) < 4.78 is 23.1. The standard InChI is InChI=1S/C18H21NO3S/c1-3-4-6-14-9-11-15(12-10-14)18(20)19-16-7-5-8-17(13-16)23(2,21)22/h5,7-13H,3-4,6H2,1-2H3,(H,19,20). The number of carbonyl (C=O) groups is 1. The monoisotopic (exact) mass is 331 g/mol. The van der Waals surface area contributed by atoms with Gasteiger partial charge in [0.1, 0.15) is 0 Å². The third-order valence-electron chi connectivity index (χ3n) is 3.56. The van der Waals surface area contributed by atoms with Gasteiger partial charge < -0.3 is 5.32 Å². The molecule has 0 aliphatic carbocycles. The summed E-state index contributed by atoms with van der Waals surface area (Å²) >= 11 is 0. The Morgan fingerprint density at radius 2 is 1.78 bits per heavy atom. The van der Waals surface area contributed by atoms with Crippen molar-refractivity contribution in [3.63, 3.8) is 0 Å². The van der Waals surface area contributed by atoms with E-state index in [-0.39, 0.29) is 10.8 Å². The van der Waals surface area contributed by atoms with Crippen molar-refractivity contribution in [2.75, 3.05) is 11.6 Å². The number of rotatable bonds is 6. The van der Waals surface area contributed by atoms with Gasteiger partial charge in [0.2, 0.25) is 0 Å². The summed E-state index contributed by atoms with van der Waals surface area (Å²) in [5.41, 5.74) is 2.23. The molecule has 2 aromatic rings. The zero-order chi connectivity index (χ0) is 16.9. The van der Waals surface area contributed by atoms with Gasteiger partial charge in [0, 0.05) is 17.5 Å². The quantitative estimate of drug-likeness (QED) is 0.878. The summed E-state index contributed by atoms with van der Waals surface area (Å²) in [6.45, 7) is 2.15. The second-order valence-corrected chi connectivity index (χ2v) is 7.57. The lowest BCUT2D eigenvalue weighted by molar-refractivity contribution is 0.102. The van der Waals surface area contributed by atoms with Gasteiger partial charge in [-0.25, -0.2) is 8.42 Å². The van der Waals surface area contributed by atoms with Crippen molar-refractivity contribution in [3.8, 4) is 0 Å². The summed E-state index contributed by atoms with van der Waals surface area (Å²) in [7, 11) is -3.29. The zero-order valence-electron chi connectivity index (χ0n) is 13.4. The van der Waals surface area contributed by atoms with Crippen LogP contribution < -0.4 is 5.32 Å². The first kappa shape index (κ1) is 17.2. The Bertz CT molecular complexity index is 780. The molecule has 2 rings (SSSR count). The molecule has 0 saturated carbocycles. The van der Waals surface area contributed by atoms with Gasteiger partial charge >= 0.3 is 0 Å². The van der Waals surface area contributed by atoms with E-state index in [0.717, 1.165) is 25.5 Å². The fourth-order valence-electron chi connectivity index (χ4n) is 2.21. The highest BCUT2D eigenvalue weighted by atomic mass is 32.2. The van der Waals surface area contributed by atoms with Crippen molar-refractivity contribution in [3.05, 3.63) is 59.7 Å². The Morgan fingerprint density at radius 3 is 2.39 bits per heavy atom. The minimum absolute atomic E-state index is 0.185. The second kappa shape index (κ2) is 7.42. The van der Waals surface area contributed by atoms with E-state index in [1.807, 2.05) is 12.1 Å². The van der Waals surface area contributed by atoms with Gasteiger partial charge in [0.25, 0.3) is 5.91 Å². The lowest BCUT2D eigenvalue weighted by Crippen LogP contribution is -2.12. The Labute approximate surface area is 137 Å². The molecule has 0 aliphatic rings. The van der Waals surface area contributed by atoms with E-state index in [1.54, 1.807) is 24.3 Å². The number of hydrogen-bond acceptors (Lipinski definition) is 3. The van der Waals surface area contributed by atoms with Crippen LogP contribution in [0.1, 0.15) is 35.7 Å². The summed E-state index contributed by atoms with van der Waals surface area (Å²) in [5.74, 6) is -0.252. The van der Waals surface area contributed by atoms with Gasteiger partial charge in [-0.2, -0.15) is 0 Å². The van der Waals surface area contributed by atoms with Gasteiger partial charge in [-0.15, -0.1) is 0 Å². The molecule has 0 unspecified atom stereocenters. The van der Waals surface area contributed by atoms with Crippen molar-refractivity contribution in [2.45, 2.75) is 31.1 Å². The molecule has 0 atom stereocenters. The molecule has 1 amide bonds. The van der Waals surface area contributed by atoms with Crippen molar-refractivity contribution in [2.24, 2.45) is 0 Å². The summed E-state index contributed by atoms with van der Waals surface area (Å²) in [4.78, 5) is 12.4. The lowest BCUT2D eigenvalue weighted by Gasteiger charge is -2.07. The lowest BCUT2D eigenvalue weighted by atomic mass is 10.1. The number of amides is 1. The Hall–Kier alpha value is -2.14. The molecule has 0 fully saturated rings. The number of hydrogen-bond donors (Lipinski definition) is 1. The van der Waals surface area contributed by atoms with Crippen molar-refractivity contribution < 1.29 is 13.2 Å². The maximum Gasteiger partial charge on any atom is 0.255 e. The molecule has 0 heterocycles. The van der Waals surface area contributed by atoms with Crippen LogP contribution in [0.2, 0.25) is 0 Å². The average molecular weight is 331 g/mol. The first-order chi connectivity index (χ1) is 10.9. The summed E-state index contributed by atoms with van der Waals surface area (Å²) in [5, 5.41) is 2.73. The zero-order valence-corrected chi connectivity index (χ0v) is 14.2. The summed E-state index contributed by atoms with van der Waals surface area (Å²) in [6, 6.07) is 13.7. The molecule has 122 valence electrons. The molecule has 4 nitrogen and oxygen atoms in total. The van der Waals surface area contributed by atoms with Crippen LogP contribution in [0, 0.1) is 0 Å². The van der Waals surface area contributed by atoms with E-state index in [4.69, 9.17) is 0 Å². The number of sulfone groups is 1. The van der Waals surface area contributed by atoms with E-state index in [1.165, 1.54) is 17.7 Å². The predicted octanol–water partition coefficient (Wildman–Crippen LogP) is 3.69. The van der Waals surface area contributed by atoms with Crippen LogP contribution >= 0.6 is 0 Å². The fraction of sp³-hybridized carbons (Fsp3) is 0.278. The number of aryl methyl sites for hydroxylation is 1. The van der Waals surface area contributed by atoms with Crippen LogP contribution in [0.15, 0.2) is 53.4 Å². The molecule has 0 saturated heterocycles. The smallest absolute Gasteiger partial charge is 0.255 e. The number of benzene rings is 2. The SMILES string of the molecule is CCCCc1ccc(C(=O)Nc2cccc(S(C)(=O)=O)c2)cc1. The van der Waals surface area contributed by atoms with Crippen LogP contribution in [-0.4, -0.2) is 20.6 Å². The summed E-state index contributed by atoms with van der Waals surface area (Å²) in [6.07, 6.45) is 4.42. The number of anilines is 1. The van der Waals surface area contributed by atoms with E-state index in [2.05, 4.69) is 12.2 Å². The van der Waals surface area contributed by atoms with E-state index < -0.39 is 9.84 Å². The normalized spacial score (nSPS) is 11.2. The van der Waals surface area contributed by atoms with E-state index in [9.17, 15) is 13.2 Å². The van der Waals surface area contributed by atoms with E-state index in [0.29, 0.717) is 11.3 Å². The first-order valence-corrected chi connectivity index (χ1v) is 9.49. The molecule has 5 heteroatoms. The molecule has 0 bridgehead atoms. The number of nitrogens with one attached hydrogen (secondary N) is 1. The van der Waals surface area contributed by atoms with Crippen LogP contribution in [0.5, 0.6) is 0 Å². The topological polar surface area (TPSA) is 63.2 Å². The second-order valence-electron chi connectivity index (χ2n) is 5.55. The molecule has 2 aromatic carbocycles. The van der Waals surface area contributed by atoms with Crippen molar-refractivity contribution >= 4 is 21.4 Å². The van der Waals surface area contributed by atoms with Crippen LogP contribution in [-0.2, 0) is 16.3 Å². The molecular formula is C18H21NO3S. The van der Waals surface area contributed by atoms with Crippen LogP contribution in [0.3, 0.4) is 0 Å². The van der Waals surface area contributed by atoms with Gasteiger partial charge in [-0.3, -0.25) is 4.79 Å². The average Bonchev–Trinajstić information content (AvgIpc) is 2.53. The molecule has 0 radical (unpaired) electrons. The Morgan fingerprint density at radius 1 is 1.09 bits per heavy atom. The molecule has 23 heavy (non-hydrogen) atoms. The number of carbonyl (C=O) groups excluding carboxylic acids is 1. The van der Waals surface area contributed by atoms with Gasteiger partial charge in [0.05, 0.1) is 4.90 Å². The number of unbranched alkanes of at least 4 members (excludes halogenated alkanes) is 1. The Kier molecular flexibility index (Phi) is 5.55. The van der Waals surface area contributed by atoms with Gasteiger partial charge in [-0.1, -0.05) is 31.5 Å². The van der Waals surface area contributed by atoms with Gasteiger partial charge in [0.15, 0.2) is 9.84 Å². The molecule has 1 N–H and O–H groups in total. The highest BCUT2D eigenvalue weighted by Crippen LogP contribution is 2.16. The Balaban J connectivity index is 2.10. The predicted molar refractivity (Wildman–Crippen MR) is 92.6 cm³/mol. The minimum Gasteiger partial charge on any atom is -0.322 e. The maximum atomic E-state index is 12.2. The highest BCUT2D eigenvalue weighted by molar-refractivity contribution is 7.90. The first-order valence-electron chi connectivity index (χ1n) is 7.60.